The van der Waals surface area contributed by atoms with Crippen molar-refractivity contribution >= 4 is 28.6 Å². The van der Waals surface area contributed by atoms with Crippen LogP contribution in [0.25, 0.3) is 10.4 Å². The van der Waals surface area contributed by atoms with Gasteiger partial charge in [0.05, 0.1) is 24.1 Å². The van der Waals surface area contributed by atoms with E-state index >= 15 is 0 Å². The summed E-state index contributed by atoms with van der Waals surface area (Å²) in [4.78, 5) is 13.6. The topological polar surface area (TPSA) is 95.1 Å². The van der Waals surface area contributed by atoms with E-state index < -0.39 is 12.3 Å². The number of thiophene rings is 1. The molecule has 0 atom stereocenters. The van der Waals surface area contributed by atoms with Crippen LogP contribution >= 0.6 is 11.3 Å². The molecule has 0 unspecified atom stereocenters. The predicted octanol–water partition coefficient (Wildman–Crippen LogP) is 4.79. The number of rotatable bonds is 6. The lowest BCUT2D eigenvalue weighted by Gasteiger charge is -2.09. The fourth-order valence-electron chi connectivity index (χ4n) is 2.91. The number of nitrogens with one attached hydrogen (secondary N) is 1. The first-order valence-corrected chi connectivity index (χ1v) is 10.1. The number of anilines is 2. The fraction of sp³-hybridized carbons (Fsp3) is 0.0952. The molecule has 0 radical (unpaired) electrons. The van der Waals surface area contributed by atoms with Gasteiger partial charge in [0, 0.05) is 4.88 Å². The summed E-state index contributed by atoms with van der Waals surface area (Å²) in [7, 11) is 0. The van der Waals surface area contributed by atoms with E-state index in [1.54, 1.807) is 23.5 Å². The van der Waals surface area contributed by atoms with Crippen LogP contribution in [0.3, 0.4) is 0 Å². The maximum atomic E-state index is 12.6. The molecule has 0 saturated heterocycles. The Morgan fingerprint density at radius 3 is 2.62 bits per heavy atom. The van der Waals surface area contributed by atoms with Crippen molar-refractivity contribution in [2.24, 2.45) is 0 Å². The van der Waals surface area contributed by atoms with Crippen molar-refractivity contribution < 1.29 is 22.7 Å². The molecule has 0 aliphatic heterocycles. The number of aromatic nitrogens is 3. The van der Waals surface area contributed by atoms with Crippen LogP contribution in [0.1, 0.15) is 16.1 Å². The van der Waals surface area contributed by atoms with Crippen LogP contribution in [0.15, 0.2) is 66.2 Å². The lowest BCUT2D eigenvalue weighted by molar-refractivity contribution is -0.274. The average molecular weight is 459 g/mol. The van der Waals surface area contributed by atoms with Crippen molar-refractivity contribution in [1.82, 2.24) is 15.0 Å². The molecule has 2 heterocycles. The van der Waals surface area contributed by atoms with E-state index in [2.05, 4.69) is 20.4 Å². The summed E-state index contributed by atoms with van der Waals surface area (Å²) in [6, 6.07) is 14.6. The summed E-state index contributed by atoms with van der Waals surface area (Å²) >= 11 is 1.57. The second-order valence-corrected chi connectivity index (χ2v) is 7.67. The van der Waals surface area contributed by atoms with Crippen LogP contribution < -0.4 is 15.8 Å². The molecule has 11 heteroatoms. The highest BCUT2D eigenvalue weighted by atomic mass is 32.1. The van der Waals surface area contributed by atoms with Crippen molar-refractivity contribution in [3.8, 4) is 16.2 Å². The Morgan fingerprint density at radius 2 is 1.94 bits per heavy atom. The molecular formula is C21H16F3N5O2S. The number of hydrogen-bond donors (Lipinski definition) is 2. The fourth-order valence-corrected chi connectivity index (χ4v) is 3.63. The smallest absolute Gasteiger partial charge is 0.406 e. The molecule has 164 valence electrons. The maximum absolute atomic E-state index is 12.6. The summed E-state index contributed by atoms with van der Waals surface area (Å²) in [5.74, 6) is -0.803. The molecule has 2 aromatic heterocycles. The number of nitrogen functional groups attached to an aromatic ring is 1. The van der Waals surface area contributed by atoms with E-state index in [0.29, 0.717) is 16.9 Å². The lowest BCUT2D eigenvalue weighted by Crippen LogP contribution is -2.17. The first-order valence-electron chi connectivity index (χ1n) is 9.26. The Balaban J connectivity index is 1.43. The number of halogens is 3. The largest absolute Gasteiger partial charge is 0.573 e. The molecule has 1 amide bonds. The van der Waals surface area contributed by atoms with Gasteiger partial charge in [-0.2, -0.15) is 0 Å². The van der Waals surface area contributed by atoms with Gasteiger partial charge in [0.2, 0.25) is 0 Å². The van der Waals surface area contributed by atoms with Crippen LogP contribution in [0.4, 0.5) is 24.5 Å². The molecule has 0 aliphatic carbocycles. The number of alkyl halides is 3. The molecule has 32 heavy (non-hydrogen) atoms. The highest BCUT2D eigenvalue weighted by Gasteiger charge is 2.30. The molecule has 0 spiro atoms. The maximum Gasteiger partial charge on any atom is 0.573 e. The third-order valence-electron chi connectivity index (χ3n) is 4.38. The average Bonchev–Trinajstić information content (AvgIpc) is 3.42. The number of hydrogen-bond acceptors (Lipinski definition) is 6. The SMILES string of the molecule is Nc1ccc(-c2cccs2)cc1NC(=O)c1cn(Cc2ccc(OC(F)(F)F)cc2)nn1. The number of carbonyl (C=O) groups excluding carboxylic acids is 1. The van der Waals surface area contributed by atoms with E-state index in [1.807, 2.05) is 23.6 Å². The molecule has 0 aliphatic rings. The zero-order chi connectivity index (χ0) is 22.7. The van der Waals surface area contributed by atoms with E-state index in [-0.39, 0.29) is 18.0 Å². The van der Waals surface area contributed by atoms with E-state index in [4.69, 9.17) is 5.73 Å². The van der Waals surface area contributed by atoms with Gasteiger partial charge in [-0.3, -0.25) is 4.79 Å². The standard InChI is InChI=1S/C21H16F3N5O2S/c22-21(23,24)31-15-6-3-13(4-7-15)11-29-12-18(27-28-29)20(30)26-17-10-14(5-8-16(17)25)19-2-1-9-32-19/h1-10,12H,11,25H2,(H,26,30). The van der Waals surface area contributed by atoms with E-state index in [0.717, 1.165) is 10.4 Å². The summed E-state index contributed by atoms with van der Waals surface area (Å²) < 4.78 is 42.0. The van der Waals surface area contributed by atoms with Gasteiger partial charge in [-0.25, -0.2) is 4.68 Å². The Labute approximate surface area is 184 Å². The molecule has 7 nitrogen and oxygen atoms in total. The van der Waals surface area contributed by atoms with Gasteiger partial charge in [0.15, 0.2) is 5.69 Å². The normalized spacial score (nSPS) is 11.3. The van der Waals surface area contributed by atoms with Crippen molar-refractivity contribution in [1.29, 1.82) is 0 Å². The molecule has 0 fully saturated rings. The zero-order valence-electron chi connectivity index (χ0n) is 16.3. The number of benzene rings is 2. The van der Waals surface area contributed by atoms with Crippen LogP contribution in [-0.4, -0.2) is 27.3 Å². The van der Waals surface area contributed by atoms with Crippen LogP contribution in [-0.2, 0) is 6.54 Å². The highest BCUT2D eigenvalue weighted by molar-refractivity contribution is 7.13. The molecule has 0 saturated carbocycles. The monoisotopic (exact) mass is 459 g/mol. The number of amides is 1. The summed E-state index contributed by atoms with van der Waals surface area (Å²) in [6.07, 6.45) is -3.31. The minimum atomic E-state index is -4.75. The number of nitrogens with two attached hydrogens (primary N) is 1. The summed E-state index contributed by atoms with van der Waals surface area (Å²) in [6.45, 7) is 0.211. The number of carbonyl (C=O) groups is 1. The molecule has 4 aromatic rings. The van der Waals surface area contributed by atoms with Gasteiger partial charge in [-0.05, 0) is 46.8 Å². The second-order valence-electron chi connectivity index (χ2n) is 6.73. The summed E-state index contributed by atoms with van der Waals surface area (Å²) in [5.41, 5.74) is 8.51. The molecule has 2 aromatic carbocycles. The van der Waals surface area contributed by atoms with E-state index in [9.17, 15) is 18.0 Å². The third kappa shape index (κ3) is 5.24. The first-order chi connectivity index (χ1) is 15.3. The molecule has 0 bridgehead atoms. The van der Waals surface area contributed by atoms with Gasteiger partial charge in [0.25, 0.3) is 5.91 Å². The van der Waals surface area contributed by atoms with Crippen molar-refractivity contribution in [2.75, 3.05) is 11.1 Å². The van der Waals surface area contributed by atoms with Gasteiger partial charge in [0.1, 0.15) is 5.75 Å². The second kappa shape index (κ2) is 8.71. The van der Waals surface area contributed by atoms with Crippen LogP contribution in [0.2, 0.25) is 0 Å². The number of ether oxygens (including phenoxy) is 1. The first kappa shape index (κ1) is 21.4. The predicted molar refractivity (Wildman–Crippen MR) is 114 cm³/mol. The molecule has 3 N–H and O–H groups in total. The van der Waals surface area contributed by atoms with Crippen LogP contribution in [0, 0.1) is 0 Å². The van der Waals surface area contributed by atoms with Gasteiger partial charge in [-0.15, -0.1) is 29.6 Å². The molecule has 4 rings (SSSR count). The molecular weight excluding hydrogens is 443 g/mol. The lowest BCUT2D eigenvalue weighted by atomic mass is 10.1. The summed E-state index contributed by atoms with van der Waals surface area (Å²) in [5, 5.41) is 12.5. The Kier molecular flexibility index (Phi) is 5.82. The van der Waals surface area contributed by atoms with Crippen LogP contribution in [0.5, 0.6) is 5.75 Å². The highest BCUT2D eigenvalue weighted by Crippen LogP contribution is 2.30. The Bertz CT molecular complexity index is 1220. The van der Waals surface area contributed by atoms with Crippen molar-refractivity contribution in [3.63, 3.8) is 0 Å². The van der Waals surface area contributed by atoms with Crippen molar-refractivity contribution in [3.05, 3.63) is 77.4 Å². The van der Waals surface area contributed by atoms with Crippen molar-refractivity contribution in [2.45, 2.75) is 12.9 Å². The zero-order valence-corrected chi connectivity index (χ0v) is 17.2. The minimum absolute atomic E-state index is 0.0722. The number of nitrogens with zero attached hydrogens (tertiary/aromatic N) is 3. The Hall–Kier alpha value is -3.86. The third-order valence-corrected chi connectivity index (χ3v) is 5.30. The minimum Gasteiger partial charge on any atom is -0.406 e. The van der Waals surface area contributed by atoms with Gasteiger partial charge >= 0.3 is 6.36 Å². The van der Waals surface area contributed by atoms with Gasteiger partial charge < -0.3 is 15.8 Å². The Morgan fingerprint density at radius 1 is 1.16 bits per heavy atom. The van der Waals surface area contributed by atoms with Gasteiger partial charge in [-0.1, -0.05) is 29.5 Å². The van der Waals surface area contributed by atoms with E-state index in [1.165, 1.54) is 35.1 Å². The quantitative estimate of drug-likeness (QED) is 0.405.